The van der Waals surface area contributed by atoms with Crippen LogP contribution in [0.1, 0.15) is 23.2 Å². The summed E-state index contributed by atoms with van der Waals surface area (Å²) in [7, 11) is 1.54. The van der Waals surface area contributed by atoms with Gasteiger partial charge in [0.25, 0.3) is 5.91 Å². The first kappa shape index (κ1) is 19.0. The fourth-order valence-corrected chi connectivity index (χ4v) is 3.13. The molecule has 2 rings (SSSR count). The van der Waals surface area contributed by atoms with E-state index in [2.05, 4.69) is 33.4 Å². The van der Waals surface area contributed by atoms with Gasteiger partial charge in [0, 0.05) is 24.6 Å². The fraction of sp³-hybridized carbons (Fsp3) is 0.353. The molecule has 0 atom stereocenters. The molecule has 3 amide bonds. The van der Waals surface area contributed by atoms with Crippen LogP contribution in [0.4, 0.5) is 0 Å². The van der Waals surface area contributed by atoms with Crippen LogP contribution in [0.5, 0.6) is 5.75 Å². The van der Waals surface area contributed by atoms with E-state index >= 15 is 0 Å². The van der Waals surface area contributed by atoms with Crippen molar-refractivity contribution in [2.45, 2.75) is 12.8 Å². The second-order valence-corrected chi connectivity index (χ2v) is 6.45. The highest BCUT2D eigenvalue weighted by Gasteiger charge is 2.26. The summed E-state index contributed by atoms with van der Waals surface area (Å²) in [5.74, 6) is -0.432. The molecule has 0 saturated carbocycles. The largest absolute Gasteiger partial charge is 0.496 e. The van der Waals surface area contributed by atoms with Crippen LogP contribution in [0.15, 0.2) is 35.3 Å². The van der Waals surface area contributed by atoms with Crippen LogP contribution < -0.4 is 15.6 Å². The molecule has 0 unspecified atom stereocenters. The van der Waals surface area contributed by atoms with Gasteiger partial charge in [0.1, 0.15) is 5.75 Å². The molecule has 7 nitrogen and oxygen atoms in total. The SMILES string of the molecule is C=CC(=O)N1CCC(C(=O)NNC(=O)c2ccc(OC)c(Br)c2)CC1. The van der Waals surface area contributed by atoms with Crippen molar-refractivity contribution in [2.24, 2.45) is 5.92 Å². The maximum Gasteiger partial charge on any atom is 0.269 e. The van der Waals surface area contributed by atoms with Crippen molar-refractivity contribution in [1.82, 2.24) is 15.8 Å². The molecule has 0 aliphatic carbocycles. The molecule has 1 fully saturated rings. The van der Waals surface area contributed by atoms with Gasteiger partial charge < -0.3 is 9.64 Å². The number of rotatable bonds is 4. The number of nitrogens with one attached hydrogen (secondary N) is 2. The second-order valence-electron chi connectivity index (χ2n) is 5.60. The van der Waals surface area contributed by atoms with Crippen LogP contribution in [0.3, 0.4) is 0 Å². The van der Waals surface area contributed by atoms with Gasteiger partial charge in [-0.1, -0.05) is 6.58 Å². The topological polar surface area (TPSA) is 87.7 Å². The van der Waals surface area contributed by atoms with E-state index < -0.39 is 5.91 Å². The van der Waals surface area contributed by atoms with Gasteiger partial charge in [-0.25, -0.2) is 0 Å². The zero-order valence-electron chi connectivity index (χ0n) is 13.9. The van der Waals surface area contributed by atoms with E-state index in [1.165, 1.54) is 13.2 Å². The molecule has 0 spiro atoms. The van der Waals surface area contributed by atoms with Crippen molar-refractivity contribution < 1.29 is 19.1 Å². The Morgan fingerprint density at radius 3 is 2.52 bits per heavy atom. The Morgan fingerprint density at radius 1 is 1.28 bits per heavy atom. The predicted octanol–water partition coefficient (Wildman–Crippen LogP) is 1.64. The molecule has 2 N–H and O–H groups in total. The zero-order valence-corrected chi connectivity index (χ0v) is 15.5. The van der Waals surface area contributed by atoms with E-state index in [-0.39, 0.29) is 17.7 Å². The first-order valence-electron chi connectivity index (χ1n) is 7.81. The van der Waals surface area contributed by atoms with Crippen molar-refractivity contribution in [3.05, 3.63) is 40.9 Å². The minimum absolute atomic E-state index is 0.128. The van der Waals surface area contributed by atoms with E-state index in [9.17, 15) is 14.4 Å². The molecule has 1 aromatic rings. The average molecular weight is 410 g/mol. The molecule has 0 bridgehead atoms. The molecule has 1 saturated heterocycles. The summed E-state index contributed by atoms with van der Waals surface area (Å²) < 4.78 is 5.75. The summed E-state index contributed by atoms with van der Waals surface area (Å²) >= 11 is 3.31. The first-order chi connectivity index (χ1) is 12.0. The highest BCUT2D eigenvalue weighted by molar-refractivity contribution is 9.10. The lowest BCUT2D eigenvalue weighted by Crippen LogP contribution is -2.48. The molecule has 1 aliphatic rings. The molecule has 0 radical (unpaired) electrons. The number of halogens is 1. The van der Waals surface area contributed by atoms with Crippen molar-refractivity contribution in [2.75, 3.05) is 20.2 Å². The number of carbonyl (C=O) groups excluding carboxylic acids is 3. The number of hydrogen-bond acceptors (Lipinski definition) is 4. The smallest absolute Gasteiger partial charge is 0.269 e. The third-order valence-electron chi connectivity index (χ3n) is 4.07. The van der Waals surface area contributed by atoms with Crippen LogP contribution in [-0.2, 0) is 9.59 Å². The lowest BCUT2D eigenvalue weighted by atomic mass is 9.96. The number of ether oxygens (including phenoxy) is 1. The molecule has 1 aromatic carbocycles. The number of carbonyl (C=O) groups is 3. The number of hydrogen-bond donors (Lipinski definition) is 2. The Labute approximate surface area is 154 Å². The average Bonchev–Trinajstić information content (AvgIpc) is 2.65. The lowest BCUT2D eigenvalue weighted by molar-refractivity contribution is -0.132. The number of amides is 3. The highest BCUT2D eigenvalue weighted by atomic mass is 79.9. The third kappa shape index (κ3) is 4.82. The van der Waals surface area contributed by atoms with E-state index in [1.807, 2.05) is 0 Å². The van der Waals surface area contributed by atoms with Gasteiger partial charge in [0.2, 0.25) is 11.8 Å². The van der Waals surface area contributed by atoms with Crippen LogP contribution in [0, 0.1) is 5.92 Å². The summed E-state index contributed by atoms with van der Waals surface area (Å²) in [6.07, 6.45) is 2.37. The Hall–Kier alpha value is -2.35. The van der Waals surface area contributed by atoms with Crippen LogP contribution in [0.25, 0.3) is 0 Å². The molecule has 25 heavy (non-hydrogen) atoms. The van der Waals surface area contributed by atoms with E-state index in [4.69, 9.17) is 4.74 Å². The Bertz CT molecular complexity index is 684. The minimum atomic E-state index is -0.420. The fourth-order valence-electron chi connectivity index (χ4n) is 2.59. The Kier molecular flexibility index (Phi) is 6.58. The zero-order chi connectivity index (χ0) is 18.4. The Morgan fingerprint density at radius 2 is 1.96 bits per heavy atom. The highest BCUT2D eigenvalue weighted by Crippen LogP contribution is 2.25. The van der Waals surface area contributed by atoms with Gasteiger partial charge in [0.15, 0.2) is 0 Å². The predicted molar refractivity (Wildman–Crippen MR) is 95.8 cm³/mol. The van der Waals surface area contributed by atoms with E-state index in [1.54, 1.807) is 23.1 Å². The summed E-state index contributed by atoms with van der Waals surface area (Å²) in [5.41, 5.74) is 5.25. The van der Waals surface area contributed by atoms with Crippen LogP contribution in [0.2, 0.25) is 0 Å². The van der Waals surface area contributed by atoms with E-state index in [0.717, 1.165) is 0 Å². The number of hydrazine groups is 1. The van der Waals surface area contributed by atoms with E-state index in [0.29, 0.717) is 41.7 Å². The van der Waals surface area contributed by atoms with Gasteiger partial charge in [-0.15, -0.1) is 0 Å². The van der Waals surface area contributed by atoms with Crippen molar-refractivity contribution in [3.8, 4) is 5.75 Å². The maximum atomic E-state index is 12.2. The summed E-state index contributed by atoms with van der Waals surface area (Å²) in [6, 6.07) is 4.87. The molecule has 8 heteroatoms. The van der Waals surface area contributed by atoms with Crippen LogP contribution in [-0.4, -0.2) is 42.8 Å². The standard InChI is InChI=1S/C17H20BrN3O4/c1-3-15(22)21-8-6-11(7-9-21)16(23)19-20-17(24)12-4-5-14(25-2)13(18)10-12/h3-5,10-11H,1,6-9H2,2H3,(H,19,23)(H,20,24). The van der Waals surface area contributed by atoms with Gasteiger partial charge in [-0.3, -0.25) is 25.2 Å². The van der Waals surface area contributed by atoms with Crippen molar-refractivity contribution >= 4 is 33.7 Å². The summed E-state index contributed by atoms with van der Waals surface area (Å²) in [6.45, 7) is 4.46. The summed E-state index contributed by atoms with van der Waals surface area (Å²) in [5, 5.41) is 0. The number of methoxy groups -OCH3 is 1. The number of piperidine rings is 1. The molecule has 1 aliphatic heterocycles. The minimum Gasteiger partial charge on any atom is -0.496 e. The molecular weight excluding hydrogens is 390 g/mol. The van der Waals surface area contributed by atoms with Crippen molar-refractivity contribution in [3.63, 3.8) is 0 Å². The third-order valence-corrected chi connectivity index (χ3v) is 4.68. The van der Waals surface area contributed by atoms with Crippen LogP contribution >= 0.6 is 15.9 Å². The Balaban J connectivity index is 1.84. The maximum absolute atomic E-state index is 12.2. The molecule has 1 heterocycles. The first-order valence-corrected chi connectivity index (χ1v) is 8.60. The molecule has 134 valence electrons. The van der Waals surface area contributed by atoms with Gasteiger partial charge >= 0.3 is 0 Å². The van der Waals surface area contributed by atoms with Gasteiger partial charge in [0.05, 0.1) is 11.6 Å². The number of benzene rings is 1. The molecular formula is C17H20BrN3O4. The van der Waals surface area contributed by atoms with Gasteiger partial charge in [-0.2, -0.15) is 0 Å². The molecule has 0 aromatic heterocycles. The van der Waals surface area contributed by atoms with Crippen molar-refractivity contribution in [1.29, 1.82) is 0 Å². The quantitative estimate of drug-likeness (QED) is 0.584. The number of nitrogens with zero attached hydrogens (tertiary/aromatic N) is 1. The number of likely N-dealkylation sites (tertiary alicyclic amines) is 1. The summed E-state index contributed by atoms with van der Waals surface area (Å²) in [4.78, 5) is 37.5. The monoisotopic (exact) mass is 409 g/mol. The van der Waals surface area contributed by atoms with Gasteiger partial charge in [-0.05, 0) is 53.0 Å². The normalized spacial score (nSPS) is 14.6. The second kappa shape index (κ2) is 8.66. The lowest BCUT2D eigenvalue weighted by Gasteiger charge is -2.30.